The van der Waals surface area contributed by atoms with Crippen LogP contribution in [0.5, 0.6) is 5.75 Å². The number of halogens is 3. The van der Waals surface area contributed by atoms with Crippen LogP contribution in [-0.2, 0) is 4.79 Å². The van der Waals surface area contributed by atoms with Crippen LogP contribution in [0.2, 0.25) is 0 Å². The fourth-order valence-corrected chi connectivity index (χ4v) is 1.73. The molecule has 0 saturated heterocycles. The number of ketones is 1. The standard InChI is InChI=1S/C10H9BrF2O2S/c1-5(14)9(11)7-4-6(16)2-3-8(7)15-10(12)13/h2-4,9-10,16H,1H3. The second kappa shape index (κ2) is 5.63. The lowest BCUT2D eigenvalue weighted by atomic mass is 10.1. The van der Waals surface area contributed by atoms with Crippen molar-refractivity contribution < 1.29 is 18.3 Å². The van der Waals surface area contributed by atoms with Crippen LogP contribution < -0.4 is 4.74 Å². The molecule has 1 atom stereocenters. The van der Waals surface area contributed by atoms with E-state index in [0.29, 0.717) is 10.5 Å². The van der Waals surface area contributed by atoms with Crippen molar-refractivity contribution in [2.24, 2.45) is 0 Å². The molecule has 0 bridgehead atoms. The lowest BCUT2D eigenvalue weighted by molar-refractivity contribution is -0.116. The molecule has 0 N–H and O–H groups in total. The van der Waals surface area contributed by atoms with Crippen LogP contribution in [0.3, 0.4) is 0 Å². The molecule has 0 amide bonds. The summed E-state index contributed by atoms with van der Waals surface area (Å²) in [6.45, 7) is -1.56. The Morgan fingerprint density at radius 1 is 1.50 bits per heavy atom. The lowest BCUT2D eigenvalue weighted by Gasteiger charge is -2.13. The van der Waals surface area contributed by atoms with E-state index in [0.717, 1.165) is 0 Å². The van der Waals surface area contributed by atoms with E-state index in [4.69, 9.17) is 0 Å². The van der Waals surface area contributed by atoms with E-state index in [1.54, 1.807) is 0 Å². The molecule has 0 aliphatic heterocycles. The minimum absolute atomic E-state index is 0.0233. The Labute approximate surface area is 106 Å². The highest BCUT2D eigenvalue weighted by Crippen LogP contribution is 2.34. The number of thiol groups is 1. The zero-order chi connectivity index (χ0) is 12.3. The number of hydrogen-bond donors (Lipinski definition) is 1. The Balaban J connectivity index is 3.12. The molecule has 6 heteroatoms. The van der Waals surface area contributed by atoms with Crippen molar-refractivity contribution in [3.63, 3.8) is 0 Å². The molecule has 0 fully saturated rings. The zero-order valence-electron chi connectivity index (χ0n) is 8.28. The molecular formula is C10H9BrF2O2S. The normalized spacial score (nSPS) is 12.6. The number of Topliss-reactive ketones (excluding diaryl/α,β-unsaturated/α-hetero) is 1. The van der Waals surface area contributed by atoms with Crippen molar-refractivity contribution in [3.8, 4) is 5.75 Å². The van der Waals surface area contributed by atoms with Crippen LogP contribution in [0.25, 0.3) is 0 Å². The van der Waals surface area contributed by atoms with Crippen LogP contribution in [-0.4, -0.2) is 12.4 Å². The molecule has 1 rings (SSSR count). The Hall–Kier alpha value is -0.620. The summed E-state index contributed by atoms with van der Waals surface area (Å²) in [7, 11) is 0. The molecule has 1 aromatic carbocycles. The van der Waals surface area contributed by atoms with E-state index in [1.807, 2.05) is 0 Å². The first-order valence-corrected chi connectivity index (χ1v) is 5.70. The van der Waals surface area contributed by atoms with E-state index >= 15 is 0 Å². The van der Waals surface area contributed by atoms with E-state index in [1.165, 1.54) is 25.1 Å². The third kappa shape index (κ3) is 3.45. The van der Waals surface area contributed by atoms with Crippen LogP contribution in [0.1, 0.15) is 17.3 Å². The number of rotatable bonds is 4. The third-order valence-corrected chi connectivity index (χ3v) is 3.26. The SMILES string of the molecule is CC(=O)C(Br)c1cc(S)ccc1OC(F)F. The summed E-state index contributed by atoms with van der Waals surface area (Å²) in [5, 5.41) is 0. The number of carbonyl (C=O) groups excluding carboxylic acids is 1. The van der Waals surface area contributed by atoms with Gasteiger partial charge >= 0.3 is 6.61 Å². The molecule has 0 spiro atoms. The third-order valence-electron chi connectivity index (χ3n) is 1.84. The Morgan fingerprint density at radius 3 is 2.62 bits per heavy atom. The predicted molar refractivity (Wildman–Crippen MR) is 62.7 cm³/mol. The molecule has 0 aliphatic carbocycles. The van der Waals surface area contributed by atoms with Gasteiger partial charge in [0.1, 0.15) is 16.4 Å². The van der Waals surface area contributed by atoms with Gasteiger partial charge in [0, 0.05) is 10.5 Å². The van der Waals surface area contributed by atoms with Gasteiger partial charge in [-0.15, -0.1) is 12.6 Å². The number of carbonyl (C=O) groups is 1. The summed E-state index contributed by atoms with van der Waals surface area (Å²) in [5.41, 5.74) is 0.348. The van der Waals surface area contributed by atoms with Gasteiger partial charge in [-0.2, -0.15) is 8.78 Å². The maximum Gasteiger partial charge on any atom is 0.387 e. The van der Waals surface area contributed by atoms with Gasteiger partial charge in [0.2, 0.25) is 0 Å². The average Bonchev–Trinajstić information content (AvgIpc) is 2.18. The minimum Gasteiger partial charge on any atom is -0.434 e. The van der Waals surface area contributed by atoms with Gasteiger partial charge in [0.25, 0.3) is 0 Å². The van der Waals surface area contributed by atoms with Crippen molar-refractivity contribution >= 4 is 34.3 Å². The van der Waals surface area contributed by atoms with Crippen molar-refractivity contribution in [1.82, 2.24) is 0 Å². The first-order chi connectivity index (χ1) is 7.41. The molecule has 1 unspecified atom stereocenters. The Bertz CT molecular complexity index is 398. The fourth-order valence-electron chi connectivity index (χ4n) is 1.16. The van der Waals surface area contributed by atoms with E-state index in [9.17, 15) is 13.6 Å². The smallest absolute Gasteiger partial charge is 0.387 e. The highest BCUT2D eigenvalue weighted by Gasteiger charge is 2.19. The molecule has 0 radical (unpaired) electrons. The molecular weight excluding hydrogens is 302 g/mol. The van der Waals surface area contributed by atoms with E-state index in [2.05, 4.69) is 33.3 Å². The second-order valence-corrected chi connectivity index (χ2v) is 4.51. The van der Waals surface area contributed by atoms with Gasteiger partial charge in [-0.3, -0.25) is 4.79 Å². The first-order valence-electron chi connectivity index (χ1n) is 4.34. The lowest BCUT2D eigenvalue weighted by Crippen LogP contribution is -2.08. The van der Waals surface area contributed by atoms with Crippen LogP contribution >= 0.6 is 28.6 Å². The number of alkyl halides is 3. The summed E-state index contributed by atoms with van der Waals surface area (Å²) >= 11 is 7.20. The minimum atomic E-state index is -2.92. The summed E-state index contributed by atoms with van der Waals surface area (Å²) in [4.78, 5) is 11.1. The van der Waals surface area contributed by atoms with Gasteiger partial charge in [0.15, 0.2) is 0 Å². The van der Waals surface area contributed by atoms with Gasteiger partial charge in [-0.1, -0.05) is 15.9 Å². The maximum absolute atomic E-state index is 12.1. The van der Waals surface area contributed by atoms with Crippen LogP contribution in [0.15, 0.2) is 23.1 Å². The van der Waals surface area contributed by atoms with Gasteiger partial charge < -0.3 is 4.74 Å². The molecule has 0 saturated carbocycles. The van der Waals surface area contributed by atoms with Crippen LogP contribution in [0.4, 0.5) is 8.78 Å². The van der Waals surface area contributed by atoms with Crippen molar-refractivity contribution in [1.29, 1.82) is 0 Å². The van der Waals surface area contributed by atoms with Gasteiger partial charge in [0.05, 0.1) is 0 Å². The van der Waals surface area contributed by atoms with Crippen molar-refractivity contribution in [2.45, 2.75) is 23.3 Å². The monoisotopic (exact) mass is 310 g/mol. The molecule has 1 aromatic rings. The highest BCUT2D eigenvalue weighted by atomic mass is 79.9. The summed E-state index contributed by atoms with van der Waals surface area (Å²) in [6, 6.07) is 4.40. The quantitative estimate of drug-likeness (QED) is 0.679. The molecule has 0 heterocycles. The zero-order valence-corrected chi connectivity index (χ0v) is 10.8. The van der Waals surface area contributed by atoms with Gasteiger partial charge in [-0.25, -0.2) is 0 Å². The molecule has 88 valence electrons. The fraction of sp³-hybridized carbons (Fsp3) is 0.300. The molecule has 2 nitrogen and oxygen atoms in total. The summed E-state index contributed by atoms with van der Waals surface area (Å²) in [5.74, 6) is -0.220. The number of hydrogen-bond acceptors (Lipinski definition) is 3. The van der Waals surface area contributed by atoms with E-state index in [-0.39, 0.29) is 11.5 Å². The molecule has 0 aromatic heterocycles. The largest absolute Gasteiger partial charge is 0.434 e. The van der Waals surface area contributed by atoms with Crippen LogP contribution in [0, 0.1) is 0 Å². The Morgan fingerprint density at radius 2 is 2.12 bits per heavy atom. The van der Waals surface area contributed by atoms with Crippen molar-refractivity contribution in [3.05, 3.63) is 23.8 Å². The molecule has 16 heavy (non-hydrogen) atoms. The van der Waals surface area contributed by atoms with Gasteiger partial charge in [-0.05, 0) is 25.1 Å². The molecule has 0 aliphatic rings. The maximum atomic E-state index is 12.1. The summed E-state index contributed by atoms with van der Waals surface area (Å²) < 4.78 is 28.6. The highest BCUT2D eigenvalue weighted by molar-refractivity contribution is 9.09. The number of benzene rings is 1. The Kier molecular flexibility index (Phi) is 4.73. The first kappa shape index (κ1) is 13.4. The van der Waals surface area contributed by atoms with E-state index < -0.39 is 11.4 Å². The van der Waals surface area contributed by atoms with Crippen molar-refractivity contribution in [2.75, 3.05) is 0 Å². The number of ether oxygens (including phenoxy) is 1. The topological polar surface area (TPSA) is 26.3 Å². The second-order valence-electron chi connectivity index (χ2n) is 3.07. The average molecular weight is 311 g/mol. The summed E-state index contributed by atoms with van der Waals surface area (Å²) in [6.07, 6.45) is 0. The predicted octanol–water partition coefficient (Wildman–Crippen LogP) is 3.60.